The van der Waals surface area contributed by atoms with Crippen LogP contribution in [0.2, 0.25) is 0 Å². The van der Waals surface area contributed by atoms with Crippen LogP contribution in [0.15, 0.2) is 18.3 Å². The molecule has 0 saturated heterocycles. The Morgan fingerprint density at radius 2 is 2.20 bits per heavy atom. The Labute approximate surface area is 83.8 Å². The van der Waals surface area contributed by atoms with Crippen LogP contribution < -0.4 is 0 Å². The third-order valence-corrected chi connectivity index (χ3v) is 1.80. The number of pyridine rings is 1. The number of aliphatic hydroxyl groups excluding tert-OH is 1. The maximum absolute atomic E-state index is 12.3. The van der Waals surface area contributed by atoms with Crippen LogP contribution in [0.4, 0.5) is 13.2 Å². The molecule has 1 heterocycles. The van der Waals surface area contributed by atoms with Gasteiger partial charge in [0.1, 0.15) is 5.92 Å². The third kappa shape index (κ3) is 2.67. The number of hydrogen-bond acceptors (Lipinski definition) is 3. The first kappa shape index (κ1) is 11.5. The van der Waals surface area contributed by atoms with Crippen LogP contribution in [0.5, 0.6) is 0 Å². The summed E-state index contributed by atoms with van der Waals surface area (Å²) >= 11 is 0. The lowest BCUT2D eigenvalue weighted by atomic mass is 10.1. The summed E-state index contributed by atoms with van der Waals surface area (Å²) in [4.78, 5) is 3.61. The van der Waals surface area contributed by atoms with E-state index in [4.69, 9.17) is 10.4 Å². The van der Waals surface area contributed by atoms with Crippen molar-refractivity contribution >= 4 is 0 Å². The average Bonchev–Trinajstić information content (AvgIpc) is 2.19. The molecule has 0 radical (unpaired) electrons. The zero-order chi connectivity index (χ0) is 11.5. The van der Waals surface area contributed by atoms with Crippen LogP contribution in [0, 0.1) is 11.3 Å². The number of nitrogens with zero attached hydrogens (tertiary/aromatic N) is 2. The summed E-state index contributed by atoms with van der Waals surface area (Å²) in [6.45, 7) is -0.551. The molecule has 0 aliphatic rings. The van der Waals surface area contributed by atoms with Crippen LogP contribution in [0.3, 0.4) is 0 Å². The quantitative estimate of drug-likeness (QED) is 0.818. The number of halogens is 3. The van der Waals surface area contributed by atoms with Gasteiger partial charge in [-0.05, 0) is 12.1 Å². The van der Waals surface area contributed by atoms with Crippen molar-refractivity contribution in [3.8, 4) is 6.07 Å². The van der Waals surface area contributed by atoms with Gasteiger partial charge < -0.3 is 5.11 Å². The van der Waals surface area contributed by atoms with Crippen molar-refractivity contribution in [1.29, 1.82) is 5.26 Å². The molecule has 0 aliphatic heterocycles. The number of nitriles is 1. The molecule has 0 aliphatic carbocycles. The zero-order valence-electron chi connectivity index (χ0n) is 7.49. The first-order chi connectivity index (χ1) is 6.99. The number of rotatable bonds is 2. The average molecular weight is 216 g/mol. The molecule has 3 nitrogen and oxygen atoms in total. The highest BCUT2D eigenvalue weighted by atomic mass is 19.4. The molecule has 0 aromatic carbocycles. The van der Waals surface area contributed by atoms with Crippen molar-refractivity contribution in [3.05, 3.63) is 29.6 Å². The van der Waals surface area contributed by atoms with Crippen molar-refractivity contribution in [1.82, 2.24) is 4.98 Å². The number of aromatic nitrogens is 1. The SMILES string of the molecule is N#CC(CO)c1cc(C(F)(F)F)ccn1. The molecular weight excluding hydrogens is 209 g/mol. The molecule has 1 unspecified atom stereocenters. The summed E-state index contributed by atoms with van der Waals surface area (Å²) in [5, 5.41) is 17.3. The Hall–Kier alpha value is -1.61. The van der Waals surface area contributed by atoms with Crippen LogP contribution in [-0.4, -0.2) is 16.7 Å². The molecular formula is C9H7F3N2O. The maximum atomic E-state index is 12.3. The van der Waals surface area contributed by atoms with E-state index in [1.807, 2.05) is 0 Å². The lowest BCUT2D eigenvalue weighted by molar-refractivity contribution is -0.137. The third-order valence-electron chi connectivity index (χ3n) is 1.80. The zero-order valence-corrected chi connectivity index (χ0v) is 7.49. The van der Waals surface area contributed by atoms with Gasteiger partial charge in [-0.2, -0.15) is 18.4 Å². The van der Waals surface area contributed by atoms with Gasteiger partial charge in [-0.1, -0.05) is 0 Å². The van der Waals surface area contributed by atoms with Crippen molar-refractivity contribution in [2.45, 2.75) is 12.1 Å². The number of hydrogen-bond donors (Lipinski definition) is 1. The van der Waals surface area contributed by atoms with E-state index in [1.165, 1.54) is 0 Å². The minimum atomic E-state index is -4.47. The lowest BCUT2D eigenvalue weighted by Crippen LogP contribution is -2.09. The molecule has 0 saturated carbocycles. The highest BCUT2D eigenvalue weighted by Crippen LogP contribution is 2.30. The monoisotopic (exact) mass is 216 g/mol. The minimum Gasteiger partial charge on any atom is -0.395 e. The second kappa shape index (κ2) is 4.28. The number of aliphatic hydroxyl groups is 1. The molecule has 15 heavy (non-hydrogen) atoms. The summed E-state index contributed by atoms with van der Waals surface area (Å²) < 4.78 is 36.8. The van der Waals surface area contributed by atoms with E-state index in [1.54, 1.807) is 6.07 Å². The molecule has 1 rings (SSSR count). The fourth-order valence-corrected chi connectivity index (χ4v) is 1.02. The van der Waals surface area contributed by atoms with Gasteiger partial charge in [0, 0.05) is 6.20 Å². The molecule has 1 aromatic heterocycles. The van der Waals surface area contributed by atoms with E-state index in [2.05, 4.69) is 4.98 Å². The van der Waals surface area contributed by atoms with Crippen molar-refractivity contribution in [3.63, 3.8) is 0 Å². The van der Waals surface area contributed by atoms with Gasteiger partial charge in [0.25, 0.3) is 0 Å². The predicted molar refractivity (Wildman–Crippen MR) is 44.7 cm³/mol. The van der Waals surface area contributed by atoms with E-state index < -0.39 is 24.3 Å². The van der Waals surface area contributed by atoms with Gasteiger partial charge in [-0.3, -0.25) is 4.98 Å². The molecule has 1 aromatic rings. The first-order valence-corrected chi connectivity index (χ1v) is 4.02. The van der Waals surface area contributed by atoms with Crippen molar-refractivity contribution < 1.29 is 18.3 Å². The Morgan fingerprint density at radius 1 is 1.53 bits per heavy atom. The molecule has 0 fully saturated rings. The standard InChI is InChI=1S/C9H7F3N2O/c10-9(11,12)7-1-2-14-8(3-7)6(4-13)5-15/h1-3,6,15H,5H2. The second-order valence-corrected chi connectivity index (χ2v) is 2.83. The fourth-order valence-electron chi connectivity index (χ4n) is 1.02. The Bertz CT molecular complexity index is 384. The minimum absolute atomic E-state index is 0.0742. The fraction of sp³-hybridized carbons (Fsp3) is 0.333. The van der Waals surface area contributed by atoms with Gasteiger partial charge >= 0.3 is 6.18 Å². The van der Waals surface area contributed by atoms with Crippen molar-refractivity contribution in [2.24, 2.45) is 0 Å². The second-order valence-electron chi connectivity index (χ2n) is 2.83. The van der Waals surface area contributed by atoms with Crippen LogP contribution in [-0.2, 0) is 6.18 Å². The smallest absolute Gasteiger partial charge is 0.395 e. The Kier molecular flexibility index (Phi) is 3.27. The topological polar surface area (TPSA) is 56.9 Å². The lowest BCUT2D eigenvalue weighted by Gasteiger charge is -2.09. The van der Waals surface area contributed by atoms with E-state index in [9.17, 15) is 13.2 Å². The van der Waals surface area contributed by atoms with Crippen molar-refractivity contribution in [2.75, 3.05) is 6.61 Å². The van der Waals surface area contributed by atoms with Gasteiger partial charge in [-0.15, -0.1) is 0 Å². The van der Waals surface area contributed by atoms with Gasteiger partial charge in [-0.25, -0.2) is 0 Å². The molecule has 1 atom stereocenters. The summed E-state index contributed by atoms with van der Waals surface area (Å²) in [5.41, 5.74) is -0.948. The number of alkyl halides is 3. The van der Waals surface area contributed by atoms with E-state index >= 15 is 0 Å². The summed E-state index contributed by atoms with van der Waals surface area (Å²) in [5.74, 6) is -1.02. The normalized spacial score (nSPS) is 13.3. The highest BCUT2D eigenvalue weighted by molar-refractivity contribution is 5.24. The van der Waals surface area contributed by atoms with Gasteiger partial charge in [0.05, 0.1) is 23.9 Å². The summed E-state index contributed by atoms with van der Waals surface area (Å²) in [6.07, 6.45) is -3.49. The van der Waals surface area contributed by atoms with E-state index in [0.29, 0.717) is 0 Å². The van der Waals surface area contributed by atoms with Crippen LogP contribution in [0.1, 0.15) is 17.2 Å². The predicted octanol–water partition coefficient (Wildman–Crippen LogP) is 1.70. The van der Waals surface area contributed by atoms with E-state index in [0.717, 1.165) is 18.3 Å². The largest absolute Gasteiger partial charge is 0.416 e. The van der Waals surface area contributed by atoms with Gasteiger partial charge in [0.2, 0.25) is 0 Å². The first-order valence-electron chi connectivity index (χ1n) is 4.02. The molecule has 6 heteroatoms. The molecule has 0 bridgehead atoms. The maximum Gasteiger partial charge on any atom is 0.416 e. The van der Waals surface area contributed by atoms with Crippen LogP contribution in [0.25, 0.3) is 0 Å². The molecule has 80 valence electrons. The Morgan fingerprint density at radius 3 is 2.67 bits per heavy atom. The Balaban J connectivity index is 3.09. The molecule has 0 spiro atoms. The van der Waals surface area contributed by atoms with Gasteiger partial charge in [0.15, 0.2) is 0 Å². The summed E-state index contributed by atoms with van der Waals surface area (Å²) in [6, 6.07) is 3.25. The van der Waals surface area contributed by atoms with Crippen LogP contribution >= 0.6 is 0 Å². The molecule has 0 amide bonds. The van der Waals surface area contributed by atoms with E-state index in [-0.39, 0.29) is 5.69 Å². The highest BCUT2D eigenvalue weighted by Gasteiger charge is 2.31. The molecule has 1 N–H and O–H groups in total. The summed E-state index contributed by atoms with van der Waals surface area (Å²) in [7, 11) is 0.